The van der Waals surface area contributed by atoms with Crippen molar-refractivity contribution in [3.63, 3.8) is 0 Å². The number of aromatic amines is 1. The molecule has 0 saturated carbocycles. The van der Waals surface area contributed by atoms with Crippen LogP contribution in [-0.2, 0) is 6.54 Å². The van der Waals surface area contributed by atoms with E-state index >= 15 is 0 Å². The topological polar surface area (TPSA) is 77.2 Å². The van der Waals surface area contributed by atoms with Crippen LogP contribution in [0.5, 0.6) is 0 Å². The van der Waals surface area contributed by atoms with Crippen molar-refractivity contribution in [3.05, 3.63) is 60.2 Å². The van der Waals surface area contributed by atoms with Crippen LogP contribution in [-0.4, -0.2) is 21.9 Å². The van der Waals surface area contributed by atoms with Gasteiger partial charge in [0, 0.05) is 22.2 Å². The Kier molecular flexibility index (Phi) is 3.01. The second-order valence-electron chi connectivity index (χ2n) is 5.34. The van der Waals surface area contributed by atoms with Gasteiger partial charge in [-0.25, -0.2) is 14.5 Å². The lowest BCUT2D eigenvalue weighted by Crippen LogP contribution is -2.44. The number of aromatic nitrogens is 1. The number of rotatable bonds is 1. The number of H-pyrrole nitrogens is 1. The van der Waals surface area contributed by atoms with Crippen molar-refractivity contribution in [3.8, 4) is 0 Å². The summed E-state index contributed by atoms with van der Waals surface area (Å²) < 4.78 is 0. The smallest absolute Gasteiger partial charge is 0.331 e. The summed E-state index contributed by atoms with van der Waals surface area (Å²) in [4.78, 5) is 28.9. The van der Waals surface area contributed by atoms with Crippen molar-refractivity contribution in [1.29, 1.82) is 0 Å². The Labute approximate surface area is 132 Å². The van der Waals surface area contributed by atoms with Gasteiger partial charge in [0.15, 0.2) is 0 Å². The quantitative estimate of drug-likeness (QED) is 0.640. The van der Waals surface area contributed by atoms with Gasteiger partial charge >= 0.3 is 12.1 Å². The van der Waals surface area contributed by atoms with Gasteiger partial charge in [-0.05, 0) is 18.2 Å². The van der Waals surface area contributed by atoms with E-state index in [1.807, 2.05) is 42.5 Å². The molecule has 0 atom stereocenters. The molecule has 0 aliphatic carbocycles. The first kappa shape index (κ1) is 13.4. The SMILES string of the molecule is O=C(Nc1ccccc1)N1Cc2c([nH]c3ccccc23)NC1=O. The van der Waals surface area contributed by atoms with Gasteiger partial charge in [0.2, 0.25) is 0 Å². The number of urea groups is 2. The second-order valence-corrected chi connectivity index (χ2v) is 5.34. The fourth-order valence-corrected chi connectivity index (χ4v) is 2.75. The highest BCUT2D eigenvalue weighted by Gasteiger charge is 2.30. The van der Waals surface area contributed by atoms with E-state index < -0.39 is 12.1 Å². The van der Waals surface area contributed by atoms with Crippen molar-refractivity contribution in [2.75, 3.05) is 10.6 Å². The molecule has 3 N–H and O–H groups in total. The van der Waals surface area contributed by atoms with E-state index in [-0.39, 0.29) is 6.54 Å². The summed E-state index contributed by atoms with van der Waals surface area (Å²) in [6.07, 6.45) is 0. The molecule has 3 aromatic rings. The van der Waals surface area contributed by atoms with E-state index in [1.54, 1.807) is 12.1 Å². The van der Waals surface area contributed by atoms with Crippen LogP contribution in [0.25, 0.3) is 10.9 Å². The van der Waals surface area contributed by atoms with Gasteiger partial charge in [0.05, 0.1) is 6.54 Å². The minimum absolute atomic E-state index is 0.226. The van der Waals surface area contributed by atoms with Gasteiger partial charge in [0.25, 0.3) is 0 Å². The first-order valence-electron chi connectivity index (χ1n) is 7.26. The number of amides is 4. The number of para-hydroxylation sites is 2. The Hall–Kier alpha value is -3.28. The Morgan fingerprint density at radius 1 is 1.04 bits per heavy atom. The molecule has 23 heavy (non-hydrogen) atoms. The van der Waals surface area contributed by atoms with Gasteiger partial charge in [-0.15, -0.1) is 0 Å². The second kappa shape index (κ2) is 5.17. The molecule has 1 aromatic heterocycles. The highest BCUT2D eigenvalue weighted by atomic mass is 16.2. The van der Waals surface area contributed by atoms with Crippen molar-refractivity contribution < 1.29 is 9.59 Å². The Morgan fingerprint density at radius 3 is 2.61 bits per heavy atom. The summed E-state index contributed by atoms with van der Waals surface area (Å²) in [7, 11) is 0. The number of carbonyl (C=O) groups is 2. The maximum Gasteiger partial charge on any atom is 0.331 e. The first-order valence-corrected chi connectivity index (χ1v) is 7.26. The van der Waals surface area contributed by atoms with Gasteiger partial charge in [0.1, 0.15) is 5.82 Å². The van der Waals surface area contributed by atoms with E-state index in [0.717, 1.165) is 21.4 Å². The summed E-state index contributed by atoms with van der Waals surface area (Å²) in [6.45, 7) is 0.226. The average Bonchev–Trinajstić information content (AvgIpc) is 2.92. The number of anilines is 2. The molecule has 0 bridgehead atoms. The molecule has 4 rings (SSSR count). The monoisotopic (exact) mass is 306 g/mol. The zero-order valence-corrected chi connectivity index (χ0v) is 12.2. The molecule has 1 aliphatic rings. The average molecular weight is 306 g/mol. The number of carbonyl (C=O) groups excluding carboxylic acids is 2. The normalized spacial score (nSPS) is 13.6. The van der Waals surface area contributed by atoms with Crippen LogP contribution in [0, 0.1) is 0 Å². The molecule has 0 fully saturated rings. The number of imide groups is 1. The van der Waals surface area contributed by atoms with Gasteiger partial charge in [-0.2, -0.15) is 0 Å². The molecular weight excluding hydrogens is 292 g/mol. The highest BCUT2D eigenvalue weighted by Crippen LogP contribution is 2.30. The largest absolute Gasteiger partial charge is 0.341 e. The van der Waals surface area contributed by atoms with E-state index in [1.165, 1.54) is 0 Å². The number of benzene rings is 2. The molecular formula is C17H14N4O2. The third kappa shape index (κ3) is 2.30. The molecule has 1 aliphatic heterocycles. The lowest BCUT2D eigenvalue weighted by molar-refractivity contribution is 0.199. The van der Waals surface area contributed by atoms with Crippen molar-refractivity contribution in [2.45, 2.75) is 6.54 Å². The molecule has 0 radical (unpaired) electrons. The molecule has 2 heterocycles. The van der Waals surface area contributed by atoms with E-state index in [4.69, 9.17) is 0 Å². The molecule has 6 heteroatoms. The van der Waals surface area contributed by atoms with Crippen molar-refractivity contribution >= 4 is 34.5 Å². The van der Waals surface area contributed by atoms with Gasteiger partial charge in [-0.3, -0.25) is 5.32 Å². The standard InChI is InChI=1S/C17H14N4O2/c22-16(18-11-6-2-1-3-7-11)21-10-13-12-8-4-5-9-14(12)19-15(13)20-17(21)23/h1-9,19H,10H2,(H,18,22)(H,20,23). The minimum Gasteiger partial charge on any atom is -0.341 e. The summed E-state index contributed by atoms with van der Waals surface area (Å²) in [6, 6.07) is 15.9. The van der Waals surface area contributed by atoms with E-state index in [9.17, 15) is 9.59 Å². The van der Waals surface area contributed by atoms with Crippen LogP contribution in [0.1, 0.15) is 5.56 Å². The number of nitrogens with zero attached hydrogens (tertiary/aromatic N) is 1. The summed E-state index contributed by atoms with van der Waals surface area (Å²) in [5.74, 6) is 0.653. The lowest BCUT2D eigenvalue weighted by Gasteiger charge is -2.26. The predicted molar refractivity (Wildman–Crippen MR) is 88.3 cm³/mol. The third-order valence-corrected chi connectivity index (χ3v) is 3.88. The third-order valence-electron chi connectivity index (χ3n) is 3.88. The van der Waals surface area contributed by atoms with E-state index in [2.05, 4.69) is 15.6 Å². The number of nitrogens with one attached hydrogen (secondary N) is 3. The molecule has 114 valence electrons. The maximum absolute atomic E-state index is 12.4. The number of fused-ring (bicyclic) bond motifs is 3. The van der Waals surface area contributed by atoms with Crippen LogP contribution >= 0.6 is 0 Å². The molecule has 4 amide bonds. The summed E-state index contributed by atoms with van der Waals surface area (Å²) in [5, 5.41) is 6.47. The number of hydrogen-bond acceptors (Lipinski definition) is 2. The fourth-order valence-electron chi connectivity index (χ4n) is 2.75. The molecule has 0 saturated heterocycles. The van der Waals surface area contributed by atoms with Crippen LogP contribution < -0.4 is 10.6 Å². The van der Waals surface area contributed by atoms with Crippen LogP contribution in [0.15, 0.2) is 54.6 Å². The molecule has 0 spiro atoms. The van der Waals surface area contributed by atoms with Crippen LogP contribution in [0.3, 0.4) is 0 Å². The Bertz CT molecular complexity index is 901. The zero-order valence-electron chi connectivity index (χ0n) is 12.2. The van der Waals surface area contributed by atoms with Crippen LogP contribution in [0.2, 0.25) is 0 Å². The Morgan fingerprint density at radius 2 is 1.78 bits per heavy atom. The lowest BCUT2D eigenvalue weighted by atomic mass is 10.1. The zero-order chi connectivity index (χ0) is 15.8. The Balaban J connectivity index is 1.64. The molecule has 2 aromatic carbocycles. The van der Waals surface area contributed by atoms with Crippen molar-refractivity contribution in [2.24, 2.45) is 0 Å². The fraction of sp³-hybridized carbons (Fsp3) is 0.0588. The molecule has 6 nitrogen and oxygen atoms in total. The van der Waals surface area contributed by atoms with Crippen LogP contribution in [0.4, 0.5) is 21.1 Å². The first-order chi connectivity index (χ1) is 11.2. The number of hydrogen-bond donors (Lipinski definition) is 3. The van der Waals surface area contributed by atoms with Crippen molar-refractivity contribution in [1.82, 2.24) is 9.88 Å². The molecule has 0 unspecified atom stereocenters. The summed E-state index contributed by atoms with van der Waals surface area (Å²) in [5.41, 5.74) is 2.49. The summed E-state index contributed by atoms with van der Waals surface area (Å²) >= 11 is 0. The van der Waals surface area contributed by atoms with Gasteiger partial charge in [-0.1, -0.05) is 36.4 Å². The predicted octanol–water partition coefficient (Wildman–Crippen LogP) is 3.75. The minimum atomic E-state index is -0.454. The van der Waals surface area contributed by atoms with Gasteiger partial charge < -0.3 is 10.3 Å². The van der Waals surface area contributed by atoms with E-state index in [0.29, 0.717) is 11.5 Å². The maximum atomic E-state index is 12.4. The highest BCUT2D eigenvalue weighted by molar-refractivity contribution is 6.08.